The van der Waals surface area contributed by atoms with Crippen molar-refractivity contribution in [2.45, 2.75) is 6.92 Å². The molecule has 0 spiro atoms. The van der Waals surface area contributed by atoms with E-state index in [0.717, 1.165) is 6.07 Å². The van der Waals surface area contributed by atoms with Crippen molar-refractivity contribution in [2.75, 3.05) is 18.4 Å². The van der Waals surface area contributed by atoms with Gasteiger partial charge in [0.05, 0.1) is 17.3 Å². The summed E-state index contributed by atoms with van der Waals surface area (Å²) in [6.45, 7) is 2.03. The molecule has 7 heteroatoms. The minimum absolute atomic E-state index is 0.136. The average Bonchev–Trinajstić information content (AvgIpc) is 2.28. The number of hydrogen-bond donors (Lipinski definition) is 3. The van der Waals surface area contributed by atoms with Gasteiger partial charge >= 0.3 is 6.03 Å². The SMILES string of the molecule is CCNC(=O)NC(=O)CNc1ccc(F)cc1Cl. The van der Waals surface area contributed by atoms with Crippen LogP contribution in [0.1, 0.15) is 6.92 Å². The van der Waals surface area contributed by atoms with Gasteiger partial charge in [-0.1, -0.05) is 11.6 Å². The van der Waals surface area contributed by atoms with Gasteiger partial charge in [0.25, 0.3) is 0 Å². The van der Waals surface area contributed by atoms with E-state index >= 15 is 0 Å². The van der Waals surface area contributed by atoms with Gasteiger partial charge in [0.2, 0.25) is 5.91 Å². The lowest BCUT2D eigenvalue weighted by Gasteiger charge is -2.08. The van der Waals surface area contributed by atoms with Crippen LogP contribution in [0.4, 0.5) is 14.9 Å². The summed E-state index contributed by atoms with van der Waals surface area (Å²) in [5, 5.41) is 7.40. The van der Waals surface area contributed by atoms with Gasteiger partial charge in [0, 0.05) is 6.54 Å². The molecule has 18 heavy (non-hydrogen) atoms. The highest BCUT2D eigenvalue weighted by Gasteiger charge is 2.07. The first-order valence-corrected chi connectivity index (χ1v) is 5.67. The van der Waals surface area contributed by atoms with Crippen molar-refractivity contribution in [1.29, 1.82) is 0 Å². The second-order valence-corrected chi connectivity index (χ2v) is 3.79. The Morgan fingerprint density at radius 3 is 2.72 bits per heavy atom. The maximum Gasteiger partial charge on any atom is 0.321 e. The van der Waals surface area contributed by atoms with Crippen molar-refractivity contribution in [1.82, 2.24) is 10.6 Å². The van der Waals surface area contributed by atoms with E-state index in [0.29, 0.717) is 12.2 Å². The Labute approximate surface area is 109 Å². The summed E-state index contributed by atoms with van der Waals surface area (Å²) in [5.41, 5.74) is 0.420. The van der Waals surface area contributed by atoms with E-state index in [9.17, 15) is 14.0 Å². The van der Waals surface area contributed by atoms with Gasteiger partial charge in [0.15, 0.2) is 0 Å². The van der Waals surface area contributed by atoms with Crippen molar-refractivity contribution < 1.29 is 14.0 Å². The van der Waals surface area contributed by atoms with Gasteiger partial charge in [-0.05, 0) is 25.1 Å². The smallest absolute Gasteiger partial charge is 0.321 e. The maximum absolute atomic E-state index is 12.8. The van der Waals surface area contributed by atoms with E-state index in [2.05, 4.69) is 16.0 Å². The van der Waals surface area contributed by atoms with Crippen molar-refractivity contribution in [3.05, 3.63) is 29.0 Å². The van der Waals surface area contributed by atoms with Crippen LogP contribution in [0.2, 0.25) is 5.02 Å². The monoisotopic (exact) mass is 273 g/mol. The molecule has 0 heterocycles. The zero-order chi connectivity index (χ0) is 13.5. The van der Waals surface area contributed by atoms with Gasteiger partial charge in [0.1, 0.15) is 5.82 Å². The number of carbonyl (C=O) groups is 2. The minimum Gasteiger partial charge on any atom is -0.375 e. The third-order valence-electron chi connectivity index (χ3n) is 1.96. The summed E-state index contributed by atoms with van der Waals surface area (Å²) in [6, 6.07) is 3.20. The summed E-state index contributed by atoms with van der Waals surface area (Å²) in [6.07, 6.45) is 0. The number of benzene rings is 1. The molecule has 0 radical (unpaired) electrons. The maximum atomic E-state index is 12.8. The molecular weight excluding hydrogens is 261 g/mol. The molecule has 0 fully saturated rings. The zero-order valence-corrected chi connectivity index (χ0v) is 10.5. The highest BCUT2D eigenvalue weighted by molar-refractivity contribution is 6.33. The number of rotatable bonds is 4. The van der Waals surface area contributed by atoms with Crippen LogP contribution in [0.3, 0.4) is 0 Å². The number of imide groups is 1. The number of hydrogen-bond acceptors (Lipinski definition) is 3. The lowest BCUT2D eigenvalue weighted by atomic mass is 10.3. The van der Waals surface area contributed by atoms with Crippen molar-refractivity contribution in [3.63, 3.8) is 0 Å². The molecule has 1 rings (SSSR count). The first-order chi connectivity index (χ1) is 8.52. The van der Waals surface area contributed by atoms with E-state index in [1.807, 2.05) is 0 Å². The fraction of sp³-hybridized carbons (Fsp3) is 0.273. The quantitative estimate of drug-likeness (QED) is 0.782. The van der Waals surface area contributed by atoms with E-state index < -0.39 is 17.8 Å². The first-order valence-electron chi connectivity index (χ1n) is 5.29. The number of halogens is 2. The molecule has 3 N–H and O–H groups in total. The predicted octanol–water partition coefficient (Wildman–Crippen LogP) is 1.74. The summed E-state index contributed by atoms with van der Waals surface area (Å²) >= 11 is 5.75. The minimum atomic E-state index is -0.561. The molecule has 0 saturated carbocycles. The Bertz CT molecular complexity index is 454. The second-order valence-electron chi connectivity index (χ2n) is 3.39. The number of amides is 3. The molecule has 0 aliphatic carbocycles. The Balaban J connectivity index is 2.45. The van der Waals surface area contributed by atoms with Crippen LogP contribution < -0.4 is 16.0 Å². The topological polar surface area (TPSA) is 70.2 Å². The molecule has 98 valence electrons. The molecule has 3 amide bonds. The summed E-state index contributed by atoms with van der Waals surface area (Å²) in [5.74, 6) is -0.973. The molecule has 1 aromatic rings. The lowest BCUT2D eigenvalue weighted by molar-refractivity contribution is -0.118. The highest BCUT2D eigenvalue weighted by atomic mass is 35.5. The molecule has 5 nitrogen and oxygen atoms in total. The third kappa shape index (κ3) is 4.58. The fourth-order valence-electron chi connectivity index (χ4n) is 1.18. The molecule has 0 aromatic heterocycles. The van der Waals surface area contributed by atoms with Gasteiger partial charge < -0.3 is 10.6 Å². The zero-order valence-electron chi connectivity index (χ0n) is 9.72. The van der Waals surface area contributed by atoms with Crippen LogP contribution in [-0.2, 0) is 4.79 Å². The predicted molar refractivity (Wildman–Crippen MR) is 67.1 cm³/mol. The molecule has 0 atom stereocenters. The highest BCUT2D eigenvalue weighted by Crippen LogP contribution is 2.21. The Morgan fingerprint density at radius 1 is 1.39 bits per heavy atom. The Kier molecular flexibility index (Phi) is 5.38. The van der Waals surface area contributed by atoms with E-state index in [1.54, 1.807) is 6.92 Å². The molecule has 0 bridgehead atoms. The number of nitrogens with one attached hydrogen (secondary N) is 3. The van der Waals surface area contributed by atoms with Gasteiger partial charge in [-0.3, -0.25) is 10.1 Å². The van der Waals surface area contributed by atoms with Crippen molar-refractivity contribution in [3.8, 4) is 0 Å². The first kappa shape index (κ1) is 14.2. The summed E-state index contributed by atoms with van der Waals surface area (Å²) in [7, 11) is 0. The largest absolute Gasteiger partial charge is 0.375 e. The van der Waals surface area contributed by atoms with Gasteiger partial charge in [-0.25, -0.2) is 9.18 Å². The van der Waals surface area contributed by atoms with Crippen LogP contribution >= 0.6 is 11.6 Å². The van der Waals surface area contributed by atoms with Gasteiger partial charge in [-0.15, -0.1) is 0 Å². The van der Waals surface area contributed by atoms with E-state index in [4.69, 9.17) is 11.6 Å². The van der Waals surface area contributed by atoms with Crippen LogP contribution in [0.5, 0.6) is 0 Å². The molecule has 0 aliphatic rings. The standard InChI is InChI=1S/C11H13ClFN3O2/c1-2-14-11(18)16-10(17)6-15-9-4-3-7(13)5-8(9)12/h3-5,15H,2,6H2,1H3,(H2,14,16,17,18). The van der Waals surface area contributed by atoms with Crippen LogP contribution in [0, 0.1) is 5.82 Å². The summed E-state index contributed by atoms with van der Waals surface area (Å²) < 4.78 is 12.8. The molecule has 0 unspecified atom stereocenters. The van der Waals surface area contributed by atoms with Crippen LogP contribution in [-0.4, -0.2) is 25.0 Å². The van der Waals surface area contributed by atoms with Crippen molar-refractivity contribution in [2.24, 2.45) is 0 Å². The number of anilines is 1. The second kappa shape index (κ2) is 6.80. The lowest BCUT2D eigenvalue weighted by Crippen LogP contribution is -2.41. The Hall–Kier alpha value is -1.82. The van der Waals surface area contributed by atoms with Crippen molar-refractivity contribution >= 4 is 29.2 Å². The number of urea groups is 1. The van der Waals surface area contributed by atoms with E-state index in [-0.39, 0.29) is 11.6 Å². The molecule has 0 saturated heterocycles. The number of carbonyl (C=O) groups excluding carboxylic acids is 2. The third-order valence-corrected chi connectivity index (χ3v) is 2.27. The van der Waals surface area contributed by atoms with Crippen LogP contribution in [0.15, 0.2) is 18.2 Å². The van der Waals surface area contributed by atoms with Crippen LogP contribution in [0.25, 0.3) is 0 Å². The van der Waals surface area contributed by atoms with E-state index in [1.165, 1.54) is 12.1 Å². The fourth-order valence-corrected chi connectivity index (χ4v) is 1.42. The normalized spacial score (nSPS) is 9.72. The summed E-state index contributed by atoms with van der Waals surface area (Å²) in [4.78, 5) is 22.4. The molecule has 1 aromatic carbocycles. The Morgan fingerprint density at radius 2 is 2.11 bits per heavy atom. The van der Waals surface area contributed by atoms with Gasteiger partial charge in [-0.2, -0.15) is 0 Å². The average molecular weight is 274 g/mol. The molecular formula is C11H13ClFN3O2. The molecule has 0 aliphatic heterocycles.